The van der Waals surface area contributed by atoms with Gasteiger partial charge < -0.3 is 11.1 Å². The fourth-order valence-electron chi connectivity index (χ4n) is 2.57. The van der Waals surface area contributed by atoms with Gasteiger partial charge in [0, 0.05) is 11.3 Å². The van der Waals surface area contributed by atoms with Gasteiger partial charge >= 0.3 is 0 Å². The zero-order valence-corrected chi connectivity index (χ0v) is 14.9. The predicted octanol–water partition coefficient (Wildman–Crippen LogP) is 3.32. The van der Waals surface area contributed by atoms with E-state index in [-0.39, 0.29) is 11.5 Å². The summed E-state index contributed by atoms with van der Waals surface area (Å²) in [5.74, 6) is -0.209. The molecule has 8 heteroatoms. The Balaban J connectivity index is 1.72. The molecule has 27 heavy (non-hydrogen) atoms. The number of nitrogens with two attached hydrogens (primary N) is 1. The molecule has 7 nitrogen and oxygen atoms in total. The third-order valence-corrected chi connectivity index (χ3v) is 3.77. The Morgan fingerprint density at radius 1 is 1.00 bits per heavy atom. The standard InChI is InChI=1S/C19H19FN6O/c1-11-7-12(2)9-15(8-11)24-17-16(21)18(23-10-22-17)25-26-19(27)13-3-5-14(20)6-4-13/h3-10H,21H2,1-2H3,(H,26,27)(H2,22,23,24,25). The monoisotopic (exact) mass is 366 g/mol. The van der Waals surface area contributed by atoms with Crippen LogP contribution in [0.2, 0.25) is 0 Å². The zero-order chi connectivity index (χ0) is 19.4. The second-order valence-corrected chi connectivity index (χ2v) is 6.07. The molecule has 0 saturated carbocycles. The molecule has 1 heterocycles. The van der Waals surface area contributed by atoms with E-state index in [0.29, 0.717) is 11.4 Å². The number of carbonyl (C=O) groups is 1. The number of nitrogens with one attached hydrogen (secondary N) is 3. The number of benzene rings is 2. The number of hydrazine groups is 1. The predicted molar refractivity (Wildman–Crippen MR) is 103 cm³/mol. The van der Waals surface area contributed by atoms with Crippen molar-refractivity contribution in [3.63, 3.8) is 0 Å². The average molecular weight is 366 g/mol. The Kier molecular flexibility index (Phi) is 5.16. The molecule has 0 unspecified atom stereocenters. The average Bonchev–Trinajstić information content (AvgIpc) is 2.62. The SMILES string of the molecule is Cc1cc(C)cc(Nc2ncnc(NNC(=O)c3ccc(F)cc3)c2N)c1. The minimum atomic E-state index is -0.447. The number of carbonyl (C=O) groups excluding carboxylic acids is 1. The van der Waals surface area contributed by atoms with Crippen molar-refractivity contribution >= 4 is 28.9 Å². The molecule has 0 radical (unpaired) electrons. The maximum absolute atomic E-state index is 12.9. The van der Waals surface area contributed by atoms with Crippen molar-refractivity contribution in [3.8, 4) is 0 Å². The van der Waals surface area contributed by atoms with E-state index in [0.717, 1.165) is 16.8 Å². The summed E-state index contributed by atoms with van der Waals surface area (Å²) in [4.78, 5) is 20.3. The first-order valence-corrected chi connectivity index (χ1v) is 8.20. The Morgan fingerprint density at radius 3 is 2.30 bits per heavy atom. The molecule has 0 saturated heterocycles. The van der Waals surface area contributed by atoms with Crippen LogP contribution in [-0.4, -0.2) is 15.9 Å². The molecule has 0 atom stereocenters. The number of hydrogen-bond acceptors (Lipinski definition) is 6. The molecular weight excluding hydrogens is 347 g/mol. The molecule has 0 bridgehead atoms. The lowest BCUT2D eigenvalue weighted by Crippen LogP contribution is -2.30. The lowest BCUT2D eigenvalue weighted by Gasteiger charge is -2.14. The third kappa shape index (κ3) is 4.49. The van der Waals surface area contributed by atoms with Crippen LogP contribution in [0.5, 0.6) is 0 Å². The van der Waals surface area contributed by atoms with Gasteiger partial charge in [-0.25, -0.2) is 14.4 Å². The van der Waals surface area contributed by atoms with Crippen LogP contribution in [0.3, 0.4) is 0 Å². The van der Waals surface area contributed by atoms with Gasteiger partial charge in [0.15, 0.2) is 11.6 Å². The number of nitrogen functional groups attached to an aromatic ring is 1. The van der Waals surface area contributed by atoms with Crippen molar-refractivity contribution in [1.82, 2.24) is 15.4 Å². The molecule has 0 spiro atoms. The van der Waals surface area contributed by atoms with Gasteiger partial charge in [0.05, 0.1) is 0 Å². The van der Waals surface area contributed by atoms with E-state index < -0.39 is 11.7 Å². The van der Waals surface area contributed by atoms with Crippen LogP contribution in [0.1, 0.15) is 21.5 Å². The highest BCUT2D eigenvalue weighted by Gasteiger charge is 2.11. The summed E-state index contributed by atoms with van der Waals surface area (Å²) in [6.07, 6.45) is 1.33. The highest BCUT2D eigenvalue weighted by Crippen LogP contribution is 2.26. The van der Waals surface area contributed by atoms with E-state index in [1.54, 1.807) is 0 Å². The Hall–Kier alpha value is -3.68. The smallest absolute Gasteiger partial charge is 0.269 e. The van der Waals surface area contributed by atoms with E-state index in [9.17, 15) is 9.18 Å². The van der Waals surface area contributed by atoms with Crippen molar-refractivity contribution in [2.24, 2.45) is 0 Å². The number of amides is 1. The van der Waals surface area contributed by atoms with Gasteiger partial charge in [0.1, 0.15) is 17.8 Å². The third-order valence-electron chi connectivity index (χ3n) is 3.77. The van der Waals surface area contributed by atoms with E-state index in [1.165, 1.54) is 30.6 Å². The van der Waals surface area contributed by atoms with Gasteiger partial charge in [-0.15, -0.1) is 0 Å². The Morgan fingerprint density at radius 2 is 1.63 bits per heavy atom. The molecule has 3 rings (SSSR count). The quantitative estimate of drug-likeness (QED) is 0.516. The van der Waals surface area contributed by atoms with Crippen molar-refractivity contribution in [3.05, 3.63) is 71.3 Å². The van der Waals surface area contributed by atoms with Gasteiger partial charge in [-0.1, -0.05) is 6.07 Å². The zero-order valence-electron chi connectivity index (χ0n) is 14.9. The molecule has 2 aromatic carbocycles. The summed E-state index contributed by atoms with van der Waals surface area (Å²) >= 11 is 0. The van der Waals surface area contributed by atoms with Crippen molar-refractivity contribution in [2.75, 3.05) is 16.5 Å². The van der Waals surface area contributed by atoms with E-state index in [4.69, 9.17) is 5.73 Å². The minimum Gasteiger partial charge on any atom is -0.393 e. The molecule has 138 valence electrons. The lowest BCUT2D eigenvalue weighted by atomic mass is 10.1. The molecule has 3 aromatic rings. The van der Waals surface area contributed by atoms with Gasteiger partial charge in [-0.05, 0) is 61.4 Å². The molecule has 0 aliphatic rings. The summed E-state index contributed by atoms with van der Waals surface area (Å²) in [5, 5.41) is 3.15. The normalized spacial score (nSPS) is 10.3. The first-order chi connectivity index (χ1) is 12.9. The molecule has 1 amide bonds. The molecular formula is C19H19FN6O. The Bertz CT molecular complexity index is 954. The summed E-state index contributed by atoms with van der Waals surface area (Å²) in [6, 6.07) is 11.2. The van der Waals surface area contributed by atoms with Crippen molar-refractivity contribution < 1.29 is 9.18 Å². The van der Waals surface area contributed by atoms with Crippen LogP contribution < -0.4 is 21.9 Å². The number of hydrogen-bond donors (Lipinski definition) is 4. The fraction of sp³-hybridized carbons (Fsp3) is 0.105. The number of rotatable bonds is 5. The molecule has 0 aliphatic heterocycles. The highest BCUT2D eigenvalue weighted by atomic mass is 19.1. The van der Waals surface area contributed by atoms with E-state index in [2.05, 4.69) is 32.2 Å². The first-order valence-electron chi connectivity index (χ1n) is 8.20. The first kappa shape index (κ1) is 18.1. The van der Waals surface area contributed by atoms with E-state index in [1.807, 2.05) is 26.0 Å². The lowest BCUT2D eigenvalue weighted by molar-refractivity contribution is 0.0962. The highest BCUT2D eigenvalue weighted by molar-refractivity contribution is 5.95. The van der Waals surface area contributed by atoms with Crippen molar-refractivity contribution in [1.29, 1.82) is 0 Å². The summed E-state index contributed by atoms with van der Waals surface area (Å²) in [6.45, 7) is 4.00. The van der Waals surface area contributed by atoms with Crippen LogP contribution in [0.25, 0.3) is 0 Å². The van der Waals surface area contributed by atoms with Crippen molar-refractivity contribution in [2.45, 2.75) is 13.8 Å². The molecule has 0 fully saturated rings. The molecule has 1 aromatic heterocycles. The second-order valence-electron chi connectivity index (χ2n) is 6.07. The molecule has 5 N–H and O–H groups in total. The molecule has 0 aliphatic carbocycles. The number of aryl methyl sites for hydroxylation is 2. The number of halogens is 1. The van der Waals surface area contributed by atoms with Gasteiger partial charge in [-0.2, -0.15) is 0 Å². The Labute approximate surface area is 155 Å². The summed E-state index contributed by atoms with van der Waals surface area (Å²) in [5.41, 5.74) is 14.8. The van der Waals surface area contributed by atoms with Gasteiger partial charge in [0.2, 0.25) is 0 Å². The van der Waals surface area contributed by atoms with Crippen LogP contribution in [0, 0.1) is 19.7 Å². The van der Waals surface area contributed by atoms with Crippen LogP contribution >= 0.6 is 0 Å². The fourth-order valence-corrected chi connectivity index (χ4v) is 2.57. The summed E-state index contributed by atoms with van der Waals surface area (Å²) in [7, 11) is 0. The minimum absolute atomic E-state index is 0.243. The van der Waals surface area contributed by atoms with Gasteiger partial charge in [0.25, 0.3) is 5.91 Å². The maximum atomic E-state index is 12.9. The number of anilines is 4. The van der Waals surface area contributed by atoms with Crippen LogP contribution in [-0.2, 0) is 0 Å². The topological polar surface area (TPSA) is 105 Å². The number of aromatic nitrogens is 2. The van der Waals surface area contributed by atoms with Gasteiger partial charge in [-0.3, -0.25) is 15.6 Å². The maximum Gasteiger partial charge on any atom is 0.269 e. The summed E-state index contributed by atoms with van der Waals surface area (Å²) < 4.78 is 12.9. The largest absolute Gasteiger partial charge is 0.393 e. The number of nitrogens with zero attached hydrogens (tertiary/aromatic N) is 2. The van der Waals surface area contributed by atoms with Crippen LogP contribution in [0.15, 0.2) is 48.8 Å². The van der Waals surface area contributed by atoms with E-state index >= 15 is 0 Å². The second kappa shape index (κ2) is 7.69. The van der Waals surface area contributed by atoms with Crippen LogP contribution in [0.4, 0.5) is 27.4 Å².